The Morgan fingerprint density at radius 3 is 2.80 bits per heavy atom. The molecule has 6 nitrogen and oxygen atoms in total. The quantitative estimate of drug-likeness (QED) is 0.901. The third-order valence-electron chi connectivity index (χ3n) is 2.62. The Morgan fingerprint density at radius 1 is 1.45 bits per heavy atom. The van der Waals surface area contributed by atoms with Crippen LogP contribution in [0.1, 0.15) is 16.1 Å². The van der Waals surface area contributed by atoms with E-state index in [2.05, 4.69) is 15.3 Å². The molecule has 0 aliphatic rings. The fourth-order valence-electron chi connectivity index (χ4n) is 1.64. The minimum absolute atomic E-state index is 0.0635. The molecular formula is C13H12ClN3O3. The topological polar surface area (TPSA) is 84.3 Å². The van der Waals surface area contributed by atoms with Crippen molar-refractivity contribution >= 4 is 29.2 Å². The van der Waals surface area contributed by atoms with Crippen LogP contribution in [0.5, 0.6) is 5.75 Å². The van der Waals surface area contributed by atoms with Gasteiger partial charge >= 0.3 is 5.97 Å². The molecule has 2 aromatic rings. The zero-order valence-electron chi connectivity index (χ0n) is 10.8. The van der Waals surface area contributed by atoms with Gasteiger partial charge in [0.1, 0.15) is 5.75 Å². The van der Waals surface area contributed by atoms with Crippen LogP contribution >= 0.6 is 11.6 Å². The van der Waals surface area contributed by atoms with Crippen LogP contribution in [0.15, 0.2) is 24.4 Å². The number of ether oxygens (including phenoxy) is 1. The van der Waals surface area contributed by atoms with E-state index in [-0.39, 0.29) is 11.5 Å². The third kappa shape index (κ3) is 2.97. The second-order valence-corrected chi connectivity index (χ2v) is 4.40. The molecule has 0 spiro atoms. The second-order valence-electron chi connectivity index (χ2n) is 3.97. The van der Waals surface area contributed by atoms with E-state index in [9.17, 15) is 4.79 Å². The van der Waals surface area contributed by atoms with Crippen molar-refractivity contribution in [3.8, 4) is 5.75 Å². The standard InChI is InChI=1S/C13H12ClN3O3/c1-7-9(12(18)19)6-15-13(16-7)17-10-5-8(14)3-4-11(10)20-2/h3-6H,1-2H3,(H,18,19)(H,15,16,17). The summed E-state index contributed by atoms with van der Waals surface area (Å²) in [6.45, 7) is 1.60. The number of hydrogen-bond donors (Lipinski definition) is 2. The highest BCUT2D eigenvalue weighted by molar-refractivity contribution is 6.31. The average Bonchev–Trinajstić information content (AvgIpc) is 2.38. The van der Waals surface area contributed by atoms with Gasteiger partial charge in [-0.15, -0.1) is 0 Å². The molecule has 7 heteroatoms. The summed E-state index contributed by atoms with van der Waals surface area (Å²) in [5.74, 6) is -0.208. The van der Waals surface area contributed by atoms with Gasteiger partial charge in [0.05, 0.1) is 24.1 Å². The number of benzene rings is 1. The first-order valence-corrected chi connectivity index (χ1v) is 6.06. The fraction of sp³-hybridized carbons (Fsp3) is 0.154. The molecule has 0 atom stereocenters. The number of methoxy groups -OCH3 is 1. The predicted octanol–water partition coefficient (Wildman–Crippen LogP) is 2.89. The van der Waals surface area contributed by atoms with Crippen LogP contribution in [0, 0.1) is 6.92 Å². The van der Waals surface area contributed by atoms with Gasteiger partial charge in [0, 0.05) is 11.2 Å². The molecule has 0 saturated heterocycles. The summed E-state index contributed by atoms with van der Waals surface area (Å²) in [5, 5.41) is 12.4. The van der Waals surface area contributed by atoms with Crippen molar-refractivity contribution in [2.45, 2.75) is 6.92 Å². The van der Waals surface area contributed by atoms with Gasteiger partial charge in [-0.1, -0.05) is 11.6 Å². The molecule has 0 aliphatic heterocycles. The summed E-state index contributed by atoms with van der Waals surface area (Å²) in [6, 6.07) is 5.08. The molecule has 0 saturated carbocycles. The summed E-state index contributed by atoms with van der Waals surface area (Å²) in [4.78, 5) is 19.0. The van der Waals surface area contributed by atoms with Gasteiger partial charge in [-0.2, -0.15) is 0 Å². The zero-order valence-corrected chi connectivity index (χ0v) is 11.6. The molecule has 0 bridgehead atoms. The summed E-state index contributed by atoms with van der Waals surface area (Å²) in [7, 11) is 1.54. The number of halogens is 1. The Bertz CT molecular complexity index is 661. The molecule has 1 aromatic heterocycles. The highest BCUT2D eigenvalue weighted by Gasteiger charge is 2.11. The van der Waals surface area contributed by atoms with Gasteiger partial charge in [0.25, 0.3) is 0 Å². The van der Waals surface area contributed by atoms with Crippen LogP contribution in [-0.4, -0.2) is 28.2 Å². The molecule has 2 N–H and O–H groups in total. The van der Waals surface area contributed by atoms with Crippen molar-refractivity contribution in [1.29, 1.82) is 0 Å². The van der Waals surface area contributed by atoms with Crippen molar-refractivity contribution in [3.05, 3.63) is 40.7 Å². The highest BCUT2D eigenvalue weighted by Crippen LogP contribution is 2.29. The minimum Gasteiger partial charge on any atom is -0.495 e. The maximum atomic E-state index is 10.9. The first-order chi connectivity index (χ1) is 9.51. The number of carboxylic acid groups (broad SMARTS) is 1. The number of carboxylic acids is 1. The molecule has 0 amide bonds. The Balaban J connectivity index is 2.33. The number of hydrogen-bond acceptors (Lipinski definition) is 5. The lowest BCUT2D eigenvalue weighted by molar-refractivity contribution is 0.0695. The Hall–Kier alpha value is -2.34. The summed E-state index contributed by atoms with van der Waals surface area (Å²) in [6.07, 6.45) is 1.25. The molecular weight excluding hydrogens is 282 g/mol. The summed E-state index contributed by atoms with van der Waals surface area (Å²) < 4.78 is 5.19. The van der Waals surface area contributed by atoms with Crippen molar-refractivity contribution in [1.82, 2.24) is 9.97 Å². The van der Waals surface area contributed by atoms with Gasteiger partial charge in [0.15, 0.2) is 0 Å². The Morgan fingerprint density at radius 2 is 2.20 bits per heavy atom. The third-order valence-corrected chi connectivity index (χ3v) is 2.85. The minimum atomic E-state index is -1.06. The number of aromatic nitrogens is 2. The van der Waals surface area contributed by atoms with Gasteiger partial charge in [-0.3, -0.25) is 0 Å². The lowest BCUT2D eigenvalue weighted by Crippen LogP contribution is -2.06. The predicted molar refractivity (Wildman–Crippen MR) is 75.0 cm³/mol. The molecule has 1 aromatic carbocycles. The lowest BCUT2D eigenvalue weighted by Gasteiger charge is -2.11. The SMILES string of the molecule is COc1ccc(Cl)cc1Nc1ncc(C(=O)O)c(C)n1. The van der Waals surface area contributed by atoms with Gasteiger partial charge < -0.3 is 15.2 Å². The normalized spacial score (nSPS) is 10.2. The van der Waals surface area contributed by atoms with Crippen LogP contribution in [-0.2, 0) is 0 Å². The average molecular weight is 294 g/mol. The molecule has 2 rings (SSSR count). The fourth-order valence-corrected chi connectivity index (χ4v) is 1.81. The van der Waals surface area contributed by atoms with E-state index >= 15 is 0 Å². The summed E-state index contributed by atoms with van der Waals surface area (Å²) in [5.41, 5.74) is 1.03. The maximum absolute atomic E-state index is 10.9. The number of rotatable bonds is 4. The number of aryl methyl sites for hydroxylation is 1. The van der Waals surface area contributed by atoms with E-state index < -0.39 is 5.97 Å². The molecule has 20 heavy (non-hydrogen) atoms. The van der Waals surface area contributed by atoms with E-state index in [1.54, 1.807) is 25.1 Å². The van der Waals surface area contributed by atoms with Gasteiger partial charge in [-0.25, -0.2) is 14.8 Å². The molecule has 0 radical (unpaired) electrons. The van der Waals surface area contributed by atoms with Crippen molar-refractivity contribution in [2.75, 3.05) is 12.4 Å². The molecule has 0 aliphatic carbocycles. The van der Waals surface area contributed by atoms with E-state index in [4.69, 9.17) is 21.4 Å². The number of carbonyl (C=O) groups is 1. The highest BCUT2D eigenvalue weighted by atomic mass is 35.5. The zero-order chi connectivity index (χ0) is 14.7. The number of nitrogens with one attached hydrogen (secondary N) is 1. The van der Waals surface area contributed by atoms with Gasteiger partial charge in [-0.05, 0) is 25.1 Å². The first-order valence-electron chi connectivity index (χ1n) is 5.68. The summed E-state index contributed by atoms with van der Waals surface area (Å²) >= 11 is 5.92. The largest absolute Gasteiger partial charge is 0.495 e. The number of nitrogens with zero attached hydrogens (tertiary/aromatic N) is 2. The maximum Gasteiger partial charge on any atom is 0.339 e. The van der Waals surface area contributed by atoms with E-state index in [0.717, 1.165) is 0 Å². The molecule has 0 fully saturated rings. The second kappa shape index (κ2) is 5.75. The smallest absolute Gasteiger partial charge is 0.339 e. The molecule has 1 heterocycles. The Kier molecular flexibility index (Phi) is 4.05. The number of aromatic carboxylic acids is 1. The van der Waals surface area contributed by atoms with Gasteiger partial charge in [0.2, 0.25) is 5.95 Å². The first kappa shape index (κ1) is 14.1. The monoisotopic (exact) mass is 293 g/mol. The van der Waals surface area contributed by atoms with Crippen LogP contribution in [0.3, 0.4) is 0 Å². The van der Waals surface area contributed by atoms with Crippen molar-refractivity contribution in [3.63, 3.8) is 0 Å². The van der Waals surface area contributed by atoms with E-state index in [0.29, 0.717) is 22.2 Å². The van der Waals surface area contributed by atoms with E-state index in [1.165, 1.54) is 13.3 Å². The van der Waals surface area contributed by atoms with Crippen molar-refractivity contribution in [2.24, 2.45) is 0 Å². The van der Waals surface area contributed by atoms with E-state index in [1.807, 2.05) is 0 Å². The molecule has 104 valence electrons. The Labute approximate surface area is 120 Å². The number of anilines is 2. The lowest BCUT2D eigenvalue weighted by atomic mass is 10.2. The van der Waals surface area contributed by atoms with Crippen LogP contribution in [0.25, 0.3) is 0 Å². The molecule has 0 unspecified atom stereocenters. The van der Waals surface area contributed by atoms with Crippen LogP contribution < -0.4 is 10.1 Å². The van der Waals surface area contributed by atoms with Crippen LogP contribution in [0.4, 0.5) is 11.6 Å². The van der Waals surface area contributed by atoms with Crippen LogP contribution in [0.2, 0.25) is 5.02 Å². The van der Waals surface area contributed by atoms with Crippen molar-refractivity contribution < 1.29 is 14.6 Å².